The van der Waals surface area contributed by atoms with E-state index in [1.807, 2.05) is 12.1 Å². The number of nitrogens with zero attached hydrogens (tertiary/aromatic N) is 1. The highest BCUT2D eigenvalue weighted by Crippen LogP contribution is 2.21. The van der Waals surface area contributed by atoms with Crippen LogP contribution in [0.1, 0.15) is 16.1 Å². The molecular formula is C18H15ClN2O3. The third-order valence-corrected chi connectivity index (χ3v) is 3.73. The third-order valence-electron chi connectivity index (χ3n) is 3.47. The van der Waals surface area contributed by atoms with E-state index in [0.717, 1.165) is 5.56 Å². The molecule has 1 aromatic heterocycles. The summed E-state index contributed by atoms with van der Waals surface area (Å²) in [6.07, 6.45) is 0. The van der Waals surface area contributed by atoms with Gasteiger partial charge < -0.3 is 14.6 Å². The van der Waals surface area contributed by atoms with E-state index in [9.17, 15) is 4.79 Å². The van der Waals surface area contributed by atoms with Crippen LogP contribution in [0, 0.1) is 0 Å². The first-order valence-corrected chi connectivity index (χ1v) is 7.67. The summed E-state index contributed by atoms with van der Waals surface area (Å²) in [7, 11) is 1.58. The molecule has 0 radical (unpaired) electrons. The van der Waals surface area contributed by atoms with Crippen LogP contribution in [0.15, 0.2) is 59.1 Å². The van der Waals surface area contributed by atoms with Crippen LogP contribution in [0.4, 0.5) is 0 Å². The van der Waals surface area contributed by atoms with Gasteiger partial charge in [0.25, 0.3) is 5.91 Å². The number of rotatable bonds is 5. The van der Waals surface area contributed by atoms with E-state index in [1.165, 1.54) is 0 Å². The Kier molecular flexibility index (Phi) is 4.82. The summed E-state index contributed by atoms with van der Waals surface area (Å²) < 4.78 is 10.3. The fraction of sp³-hybridized carbons (Fsp3) is 0.111. The minimum Gasteiger partial charge on any atom is -0.497 e. The molecule has 3 rings (SSSR count). The molecule has 1 heterocycles. The molecule has 0 atom stereocenters. The summed E-state index contributed by atoms with van der Waals surface area (Å²) in [6, 6.07) is 16.0. The van der Waals surface area contributed by atoms with E-state index in [1.54, 1.807) is 49.6 Å². The van der Waals surface area contributed by atoms with E-state index in [2.05, 4.69) is 10.5 Å². The zero-order chi connectivity index (χ0) is 16.9. The first kappa shape index (κ1) is 16.1. The molecule has 5 nitrogen and oxygen atoms in total. The first-order chi connectivity index (χ1) is 11.7. The lowest BCUT2D eigenvalue weighted by atomic mass is 10.1. The number of ether oxygens (including phenoxy) is 1. The highest BCUT2D eigenvalue weighted by atomic mass is 35.5. The summed E-state index contributed by atoms with van der Waals surface area (Å²) in [5, 5.41) is 7.46. The Labute approximate surface area is 144 Å². The average Bonchev–Trinajstić information content (AvgIpc) is 3.09. The van der Waals surface area contributed by atoms with Crippen LogP contribution < -0.4 is 10.1 Å². The average molecular weight is 343 g/mol. The maximum atomic E-state index is 12.1. The molecule has 3 aromatic rings. The molecule has 6 heteroatoms. The summed E-state index contributed by atoms with van der Waals surface area (Å²) in [5.74, 6) is 1.08. The number of hydrogen-bond acceptors (Lipinski definition) is 4. The molecule has 0 fully saturated rings. The molecule has 0 unspecified atom stereocenters. The number of nitrogens with one attached hydrogen (secondary N) is 1. The van der Waals surface area contributed by atoms with Gasteiger partial charge in [0.15, 0.2) is 5.76 Å². The summed E-state index contributed by atoms with van der Waals surface area (Å²) >= 11 is 5.87. The molecule has 1 amide bonds. The number of aromatic nitrogens is 1. The third kappa shape index (κ3) is 3.75. The predicted octanol–water partition coefficient (Wildman–Crippen LogP) is 3.93. The van der Waals surface area contributed by atoms with Gasteiger partial charge in [-0.25, -0.2) is 0 Å². The SMILES string of the molecule is COc1ccc(C(=O)NCc2cc(-c3ccc(Cl)cc3)no2)cc1. The monoisotopic (exact) mass is 342 g/mol. The minimum absolute atomic E-state index is 0.193. The van der Waals surface area contributed by atoms with Gasteiger partial charge in [-0.15, -0.1) is 0 Å². The van der Waals surface area contributed by atoms with Crippen LogP contribution in [0.3, 0.4) is 0 Å². The second-order valence-corrected chi connectivity index (χ2v) is 5.53. The molecule has 1 N–H and O–H groups in total. The van der Waals surface area contributed by atoms with Crippen molar-refractivity contribution < 1.29 is 14.1 Å². The molecule has 0 aliphatic rings. The summed E-state index contributed by atoms with van der Waals surface area (Å²) in [4.78, 5) is 12.1. The number of hydrogen-bond donors (Lipinski definition) is 1. The van der Waals surface area contributed by atoms with Crippen LogP contribution >= 0.6 is 11.6 Å². The normalized spacial score (nSPS) is 10.4. The zero-order valence-electron chi connectivity index (χ0n) is 13.0. The highest BCUT2D eigenvalue weighted by molar-refractivity contribution is 6.30. The lowest BCUT2D eigenvalue weighted by Crippen LogP contribution is -2.22. The number of halogens is 1. The zero-order valence-corrected chi connectivity index (χ0v) is 13.7. The predicted molar refractivity (Wildman–Crippen MR) is 91.1 cm³/mol. The number of carbonyl (C=O) groups is 1. The summed E-state index contributed by atoms with van der Waals surface area (Å²) in [5.41, 5.74) is 2.14. The number of carbonyl (C=O) groups excluding carboxylic acids is 1. The Morgan fingerprint density at radius 2 is 1.88 bits per heavy atom. The van der Waals surface area contributed by atoms with Gasteiger partial charge in [0.05, 0.1) is 13.7 Å². The molecule has 0 aliphatic carbocycles. The van der Waals surface area contributed by atoms with Gasteiger partial charge in [0, 0.05) is 22.2 Å². The van der Waals surface area contributed by atoms with Crippen LogP contribution in [0.5, 0.6) is 5.75 Å². The van der Waals surface area contributed by atoms with Crippen LogP contribution in [0.25, 0.3) is 11.3 Å². The van der Waals surface area contributed by atoms with Crippen LogP contribution in [0.2, 0.25) is 5.02 Å². The highest BCUT2D eigenvalue weighted by Gasteiger charge is 2.09. The molecule has 2 aromatic carbocycles. The van der Waals surface area contributed by atoms with E-state index in [4.69, 9.17) is 20.9 Å². The Balaban J connectivity index is 1.62. The van der Waals surface area contributed by atoms with Crippen molar-refractivity contribution in [1.29, 1.82) is 0 Å². The van der Waals surface area contributed by atoms with Crippen molar-refractivity contribution in [3.8, 4) is 17.0 Å². The minimum atomic E-state index is -0.193. The van der Waals surface area contributed by atoms with Crippen molar-refractivity contribution in [2.75, 3.05) is 7.11 Å². The van der Waals surface area contributed by atoms with Gasteiger partial charge in [-0.05, 0) is 36.4 Å². The van der Waals surface area contributed by atoms with Gasteiger partial charge in [0.2, 0.25) is 0 Å². The molecule has 0 saturated carbocycles. The van der Waals surface area contributed by atoms with E-state index >= 15 is 0 Å². The van der Waals surface area contributed by atoms with Crippen molar-refractivity contribution >= 4 is 17.5 Å². The molecular weight excluding hydrogens is 328 g/mol. The smallest absolute Gasteiger partial charge is 0.251 e. The van der Waals surface area contributed by atoms with E-state index in [0.29, 0.717) is 27.8 Å². The number of methoxy groups -OCH3 is 1. The van der Waals surface area contributed by atoms with Crippen LogP contribution in [-0.4, -0.2) is 18.2 Å². The second kappa shape index (κ2) is 7.19. The van der Waals surface area contributed by atoms with Crippen molar-refractivity contribution in [3.05, 3.63) is 70.9 Å². The fourth-order valence-electron chi connectivity index (χ4n) is 2.16. The Morgan fingerprint density at radius 1 is 1.17 bits per heavy atom. The number of benzene rings is 2. The standard InChI is InChI=1S/C18H15ClN2O3/c1-23-15-8-4-13(5-9-15)18(22)20-11-16-10-17(21-24-16)12-2-6-14(19)7-3-12/h2-10H,11H2,1H3,(H,20,22). The maximum absolute atomic E-state index is 12.1. The van der Waals surface area contributed by atoms with Crippen LogP contribution in [-0.2, 0) is 6.54 Å². The molecule has 24 heavy (non-hydrogen) atoms. The van der Waals surface area contributed by atoms with Gasteiger partial charge in [-0.3, -0.25) is 4.79 Å². The topological polar surface area (TPSA) is 64.4 Å². The van der Waals surface area contributed by atoms with Crippen molar-refractivity contribution in [1.82, 2.24) is 10.5 Å². The van der Waals surface area contributed by atoms with Gasteiger partial charge in [-0.1, -0.05) is 28.9 Å². The van der Waals surface area contributed by atoms with Crippen molar-refractivity contribution in [2.45, 2.75) is 6.54 Å². The van der Waals surface area contributed by atoms with Gasteiger partial charge in [-0.2, -0.15) is 0 Å². The fourth-order valence-corrected chi connectivity index (χ4v) is 2.29. The second-order valence-electron chi connectivity index (χ2n) is 5.10. The van der Waals surface area contributed by atoms with Gasteiger partial charge >= 0.3 is 0 Å². The lowest BCUT2D eigenvalue weighted by molar-refractivity contribution is 0.0947. The quantitative estimate of drug-likeness (QED) is 0.763. The van der Waals surface area contributed by atoms with E-state index in [-0.39, 0.29) is 12.5 Å². The van der Waals surface area contributed by atoms with E-state index < -0.39 is 0 Å². The Morgan fingerprint density at radius 3 is 2.54 bits per heavy atom. The van der Waals surface area contributed by atoms with Gasteiger partial charge in [0.1, 0.15) is 11.4 Å². The molecule has 0 aliphatic heterocycles. The molecule has 122 valence electrons. The maximum Gasteiger partial charge on any atom is 0.251 e. The molecule has 0 saturated heterocycles. The number of amides is 1. The lowest BCUT2D eigenvalue weighted by Gasteiger charge is -2.04. The summed E-state index contributed by atoms with van der Waals surface area (Å²) in [6.45, 7) is 0.255. The van der Waals surface area contributed by atoms with Crippen molar-refractivity contribution in [2.24, 2.45) is 0 Å². The largest absolute Gasteiger partial charge is 0.497 e. The first-order valence-electron chi connectivity index (χ1n) is 7.29. The van der Waals surface area contributed by atoms with Crippen molar-refractivity contribution in [3.63, 3.8) is 0 Å². The Bertz CT molecular complexity index is 826. The molecule has 0 spiro atoms. The Hall–Kier alpha value is -2.79. The molecule has 0 bridgehead atoms.